The van der Waals surface area contributed by atoms with Crippen LogP contribution in [0, 0.1) is 6.92 Å². The maximum absolute atomic E-state index is 5.54. The number of aromatic nitrogens is 4. The minimum atomic E-state index is 0.659. The maximum Gasteiger partial charge on any atom is 0.177 e. The molecule has 0 aliphatic carbocycles. The van der Waals surface area contributed by atoms with Gasteiger partial charge in [-0.3, -0.25) is 0 Å². The molecule has 6 heteroatoms. The first-order valence-corrected chi connectivity index (χ1v) is 8.39. The van der Waals surface area contributed by atoms with Crippen LogP contribution in [0.3, 0.4) is 0 Å². The molecule has 2 aromatic carbocycles. The van der Waals surface area contributed by atoms with Gasteiger partial charge in [0.2, 0.25) is 0 Å². The fraction of sp³-hybridized carbons (Fsp3) is 0.200. The molecule has 0 amide bonds. The Bertz CT molecular complexity index is 1050. The number of methoxy groups -OCH3 is 2. The van der Waals surface area contributed by atoms with E-state index in [4.69, 9.17) is 14.5 Å². The van der Waals surface area contributed by atoms with Crippen LogP contribution in [0.5, 0.6) is 11.5 Å². The molecule has 4 aromatic rings. The number of hydrogen-bond acceptors (Lipinski definition) is 4. The third-order valence-corrected chi connectivity index (χ3v) is 4.39. The smallest absolute Gasteiger partial charge is 0.177 e. The van der Waals surface area contributed by atoms with Crippen molar-refractivity contribution in [2.75, 3.05) is 14.2 Å². The van der Waals surface area contributed by atoms with Gasteiger partial charge in [0.05, 0.1) is 32.0 Å². The molecule has 0 bridgehead atoms. The molecule has 0 fully saturated rings. The minimum Gasteiger partial charge on any atom is -0.493 e. The van der Waals surface area contributed by atoms with E-state index in [1.165, 1.54) is 5.56 Å². The lowest BCUT2D eigenvalue weighted by Gasteiger charge is -2.10. The Morgan fingerprint density at radius 1 is 1.00 bits per heavy atom. The fourth-order valence-corrected chi connectivity index (χ4v) is 3.15. The number of para-hydroxylation sites is 1. The van der Waals surface area contributed by atoms with Gasteiger partial charge in [-0.25, -0.2) is 9.67 Å². The van der Waals surface area contributed by atoms with E-state index in [2.05, 4.69) is 22.2 Å². The van der Waals surface area contributed by atoms with Gasteiger partial charge in [-0.2, -0.15) is 5.10 Å². The van der Waals surface area contributed by atoms with Gasteiger partial charge in [-0.15, -0.1) is 0 Å². The van der Waals surface area contributed by atoms with Gasteiger partial charge in [0, 0.05) is 0 Å². The van der Waals surface area contributed by atoms with Crippen LogP contribution in [0.2, 0.25) is 0 Å². The molecule has 0 spiro atoms. The van der Waals surface area contributed by atoms with E-state index in [9.17, 15) is 0 Å². The van der Waals surface area contributed by atoms with Crippen molar-refractivity contribution in [3.63, 3.8) is 0 Å². The lowest BCUT2D eigenvalue weighted by molar-refractivity contribution is 0.356. The summed E-state index contributed by atoms with van der Waals surface area (Å²) in [7, 11) is 3.26. The zero-order valence-electron chi connectivity index (χ0n) is 15.0. The number of benzene rings is 2. The van der Waals surface area contributed by atoms with Crippen molar-refractivity contribution in [2.24, 2.45) is 0 Å². The Hall–Kier alpha value is -3.28. The molecule has 132 valence electrons. The Balaban J connectivity index is 1.81. The van der Waals surface area contributed by atoms with E-state index in [0.29, 0.717) is 18.0 Å². The van der Waals surface area contributed by atoms with Crippen molar-refractivity contribution in [1.82, 2.24) is 19.7 Å². The van der Waals surface area contributed by atoms with Crippen molar-refractivity contribution in [2.45, 2.75) is 13.5 Å². The highest BCUT2D eigenvalue weighted by Crippen LogP contribution is 2.37. The monoisotopic (exact) mass is 348 g/mol. The average Bonchev–Trinajstić information content (AvgIpc) is 3.23. The van der Waals surface area contributed by atoms with Crippen LogP contribution in [-0.4, -0.2) is 34.0 Å². The molecule has 0 saturated heterocycles. The van der Waals surface area contributed by atoms with Gasteiger partial charge in [0.15, 0.2) is 17.1 Å². The van der Waals surface area contributed by atoms with E-state index in [-0.39, 0.29) is 0 Å². The fourth-order valence-electron chi connectivity index (χ4n) is 3.15. The minimum absolute atomic E-state index is 0.659. The topological polar surface area (TPSA) is 65.0 Å². The normalized spacial score (nSPS) is 11.0. The molecule has 2 aromatic heterocycles. The van der Waals surface area contributed by atoms with E-state index in [1.54, 1.807) is 14.2 Å². The van der Waals surface area contributed by atoms with Crippen LogP contribution in [0.15, 0.2) is 48.5 Å². The van der Waals surface area contributed by atoms with Crippen LogP contribution in [0.25, 0.3) is 22.6 Å². The van der Waals surface area contributed by atoms with Crippen LogP contribution < -0.4 is 9.47 Å². The van der Waals surface area contributed by atoms with Gasteiger partial charge >= 0.3 is 0 Å². The van der Waals surface area contributed by atoms with Crippen LogP contribution >= 0.6 is 0 Å². The molecule has 0 aliphatic heterocycles. The van der Waals surface area contributed by atoms with Crippen LogP contribution in [0.1, 0.15) is 11.3 Å². The van der Waals surface area contributed by atoms with Crippen molar-refractivity contribution >= 4 is 11.2 Å². The Morgan fingerprint density at radius 3 is 2.54 bits per heavy atom. The molecule has 0 atom stereocenters. The summed E-state index contributed by atoms with van der Waals surface area (Å²) in [6, 6.07) is 16.0. The summed E-state index contributed by atoms with van der Waals surface area (Å²) in [6.07, 6.45) is 0. The largest absolute Gasteiger partial charge is 0.493 e. The number of ether oxygens (including phenoxy) is 2. The molecule has 0 radical (unpaired) electrons. The second kappa shape index (κ2) is 6.55. The number of H-pyrrole nitrogens is 1. The quantitative estimate of drug-likeness (QED) is 0.596. The predicted octanol–water partition coefficient (Wildman–Crippen LogP) is 3.80. The summed E-state index contributed by atoms with van der Waals surface area (Å²) >= 11 is 0. The van der Waals surface area contributed by atoms with Crippen molar-refractivity contribution in [1.29, 1.82) is 0 Å². The lowest BCUT2D eigenvalue weighted by Crippen LogP contribution is -2.02. The highest BCUT2D eigenvalue weighted by molar-refractivity contribution is 5.81. The third-order valence-electron chi connectivity index (χ3n) is 4.39. The molecule has 0 aliphatic rings. The number of rotatable bonds is 5. The van der Waals surface area contributed by atoms with Crippen molar-refractivity contribution < 1.29 is 9.47 Å². The van der Waals surface area contributed by atoms with Crippen molar-refractivity contribution in [3.8, 4) is 22.9 Å². The molecular weight excluding hydrogens is 328 g/mol. The second-order valence-electron chi connectivity index (χ2n) is 6.05. The summed E-state index contributed by atoms with van der Waals surface area (Å²) < 4.78 is 12.9. The van der Waals surface area contributed by atoms with E-state index < -0.39 is 0 Å². The maximum atomic E-state index is 5.54. The van der Waals surface area contributed by atoms with Gasteiger partial charge in [-0.05, 0) is 24.6 Å². The first kappa shape index (κ1) is 16.2. The number of imidazole rings is 1. The molecule has 6 nitrogen and oxygen atoms in total. The third kappa shape index (κ3) is 2.69. The molecule has 2 heterocycles. The molecule has 26 heavy (non-hydrogen) atoms. The second-order valence-corrected chi connectivity index (χ2v) is 6.05. The Labute approximate surface area is 151 Å². The predicted molar refractivity (Wildman–Crippen MR) is 101 cm³/mol. The first-order chi connectivity index (χ1) is 12.7. The number of aryl methyl sites for hydroxylation is 1. The van der Waals surface area contributed by atoms with E-state index in [1.807, 2.05) is 48.0 Å². The summed E-state index contributed by atoms with van der Waals surface area (Å²) in [6.45, 7) is 2.65. The average molecular weight is 348 g/mol. The van der Waals surface area contributed by atoms with E-state index >= 15 is 0 Å². The molecule has 1 N–H and O–H groups in total. The first-order valence-electron chi connectivity index (χ1n) is 8.39. The van der Waals surface area contributed by atoms with Crippen LogP contribution in [0.4, 0.5) is 0 Å². The summed E-state index contributed by atoms with van der Waals surface area (Å²) in [5.41, 5.74) is 4.71. The standard InChI is InChI=1S/C20H20N4O2/c1-13-17-20(24(23-13)12-14-8-5-4-6-9-14)22-19(21-17)15-10-7-11-16(25-2)18(15)26-3/h4-11H,12H2,1-3H3,(H,21,22). The zero-order valence-corrected chi connectivity index (χ0v) is 15.0. The summed E-state index contributed by atoms with van der Waals surface area (Å²) in [4.78, 5) is 8.18. The number of aromatic amines is 1. The van der Waals surface area contributed by atoms with Gasteiger partial charge in [-0.1, -0.05) is 36.4 Å². The Kier molecular flexibility index (Phi) is 4.08. The molecule has 0 unspecified atom stereocenters. The number of nitrogens with one attached hydrogen (secondary N) is 1. The Morgan fingerprint density at radius 2 is 1.81 bits per heavy atom. The van der Waals surface area contributed by atoms with Gasteiger partial charge < -0.3 is 14.5 Å². The summed E-state index contributed by atoms with van der Waals surface area (Å²) in [5.74, 6) is 2.07. The number of fused-ring (bicyclic) bond motifs is 1. The van der Waals surface area contributed by atoms with Crippen LogP contribution in [-0.2, 0) is 6.54 Å². The highest BCUT2D eigenvalue weighted by Gasteiger charge is 2.18. The molecule has 0 saturated carbocycles. The highest BCUT2D eigenvalue weighted by atomic mass is 16.5. The SMILES string of the molecule is COc1cccc(-c2nc3c([nH]2)c(C)nn3Cc2ccccc2)c1OC. The van der Waals surface area contributed by atoms with Gasteiger partial charge in [0.1, 0.15) is 11.3 Å². The molecule has 4 rings (SSSR count). The number of hydrogen-bond donors (Lipinski definition) is 1. The van der Waals surface area contributed by atoms with Gasteiger partial charge in [0.25, 0.3) is 0 Å². The van der Waals surface area contributed by atoms with E-state index in [0.717, 1.165) is 28.2 Å². The summed E-state index contributed by atoms with van der Waals surface area (Å²) in [5, 5.41) is 4.62. The zero-order chi connectivity index (χ0) is 18.1. The number of nitrogens with zero attached hydrogens (tertiary/aromatic N) is 3. The lowest BCUT2D eigenvalue weighted by atomic mass is 10.1. The van der Waals surface area contributed by atoms with Crippen molar-refractivity contribution in [3.05, 3.63) is 59.8 Å². The molecular formula is C20H20N4O2.